The van der Waals surface area contributed by atoms with Crippen LogP contribution < -0.4 is 5.32 Å². The second-order valence-corrected chi connectivity index (χ2v) is 6.20. The lowest BCUT2D eigenvalue weighted by Crippen LogP contribution is -2.22. The van der Waals surface area contributed by atoms with Crippen molar-refractivity contribution < 1.29 is 0 Å². The van der Waals surface area contributed by atoms with Crippen LogP contribution in [0.5, 0.6) is 0 Å². The van der Waals surface area contributed by atoms with Gasteiger partial charge in [0.25, 0.3) is 0 Å². The minimum atomic E-state index is 0.142. The van der Waals surface area contributed by atoms with Gasteiger partial charge in [-0.25, -0.2) is 0 Å². The molecular weight excluding hydrogens is 330 g/mol. The van der Waals surface area contributed by atoms with E-state index < -0.39 is 0 Å². The van der Waals surface area contributed by atoms with E-state index >= 15 is 0 Å². The molecule has 1 unspecified atom stereocenters. The van der Waals surface area contributed by atoms with Crippen molar-refractivity contribution >= 4 is 38.9 Å². The molecule has 18 heavy (non-hydrogen) atoms. The largest absolute Gasteiger partial charge is 0.306 e. The topological polar surface area (TPSA) is 12.0 Å². The van der Waals surface area contributed by atoms with E-state index in [9.17, 15) is 0 Å². The number of benzene rings is 1. The average Bonchev–Trinajstić information content (AvgIpc) is 2.73. The molecule has 0 spiro atoms. The number of rotatable bonds is 4. The van der Waals surface area contributed by atoms with E-state index in [1.807, 2.05) is 6.07 Å². The van der Waals surface area contributed by atoms with Gasteiger partial charge in [-0.15, -0.1) is 0 Å². The highest BCUT2D eigenvalue weighted by Crippen LogP contribution is 2.34. The van der Waals surface area contributed by atoms with E-state index in [0.717, 1.165) is 21.6 Å². The van der Waals surface area contributed by atoms with Gasteiger partial charge in [0.2, 0.25) is 0 Å². The third kappa shape index (κ3) is 2.97. The van der Waals surface area contributed by atoms with Gasteiger partial charge in [0.05, 0.1) is 6.04 Å². The lowest BCUT2D eigenvalue weighted by atomic mass is 10.00. The molecule has 0 fully saturated rings. The van der Waals surface area contributed by atoms with E-state index in [0.29, 0.717) is 0 Å². The van der Waals surface area contributed by atoms with Gasteiger partial charge in [-0.05, 0) is 57.5 Å². The molecule has 0 aliphatic carbocycles. The molecule has 0 saturated carbocycles. The van der Waals surface area contributed by atoms with Crippen molar-refractivity contribution in [2.75, 3.05) is 6.54 Å². The Balaban J connectivity index is 2.45. The van der Waals surface area contributed by atoms with Gasteiger partial charge in [0.15, 0.2) is 0 Å². The molecule has 0 bridgehead atoms. The van der Waals surface area contributed by atoms with Crippen molar-refractivity contribution in [3.8, 4) is 0 Å². The number of nitrogens with one attached hydrogen (secondary N) is 1. The Morgan fingerprint density at radius 1 is 1.33 bits per heavy atom. The van der Waals surface area contributed by atoms with Crippen LogP contribution in [0.1, 0.15) is 29.7 Å². The maximum absolute atomic E-state index is 6.38. The zero-order chi connectivity index (χ0) is 13.1. The molecule has 0 amide bonds. The summed E-state index contributed by atoms with van der Waals surface area (Å²) in [5.74, 6) is 0. The smallest absolute Gasteiger partial charge is 0.0610 e. The van der Waals surface area contributed by atoms with E-state index in [-0.39, 0.29) is 6.04 Å². The fourth-order valence-corrected chi connectivity index (χ4v) is 3.85. The molecule has 0 radical (unpaired) electrons. The van der Waals surface area contributed by atoms with E-state index in [2.05, 4.69) is 58.0 Å². The second-order valence-electron chi connectivity index (χ2n) is 4.19. The first-order valence-electron chi connectivity index (χ1n) is 5.84. The minimum Gasteiger partial charge on any atom is -0.306 e. The summed E-state index contributed by atoms with van der Waals surface area (Å²) in [5.41, 5.74) is 3.55. The van der Waals surface area contributed by atoms with E-state index in [4.69, 9.17) is 11.6 Å². The molecule has 2 rings (SSSR count). The number of halogens is 2. The molecule has 1 atom stereocenters. The van der Waals surface area contributed by atoms with Gasteiger partial charge in [-0.1, -0.05) is 30.7 Å². The van der Waals surface area contributed by atoms with Gasteiger partial charge in [0.1, 0.15) is 0 Å². The summed E-state index contributed by atoms with van der Waals surface area (Å²) in [6, 6.07) is 6.37. The standard InChI is InChI=1S/C14H15BrClNS/c1-3-17-14(11-7-18-8-12(11)15)10-5-4-9(2)6-13(10)16/h4-8,14,17H,3H2,1-2H3. The highest BCUT2D eigenvalue weighted by atomic mass is 79.9. The van der Waals surface area contributed by atoms with Gasteiger partial charge in [0, 0.05) is 14.9 Å². The van der Waals surface area contributed by atoms with Gasteiger partial charge in [-0.2, -0.15) is 11.3 Å². The summed E-state index contributed by atoms with van der Waals surface area (Å²) in [4.78, 5) is 0. The summed E-state index contributed by atoms with van der Waals surface area (Å²) >= 11 is 11.7. The third-order valence-electron chi connectivity index (χ3n) is 2.83. The lowest BCUT2D eigenvalue weighted by Gasteiger charge is -2.20. The first-order valence-corrected chi connectivity index (χ1v) is 7.96. The predicted octanol–water partition coefficient (Wildman–Crippen LogP) is 5.17. The van der Waals surface area contributed by atoms with Crippen LogP contribution in [0.15, 0.2) is 33.4 Å². The molecular formula is C14H15BrClNS. The molecule has 0 aliphatic heterocycles. The molecule has 2 aromatic rings. The molecule has 0 saturated heterocycles. The third-order valence-corrected chi connectivity index (χ3v) is 4.91. The summed E-state index contributed by atoms with van der Waals surface area (Å²) in [5, 5.41) is 8.57. The number of thiophene rings is 1. The fourth-order valence-electron chi connectivity index (χ4n) is 1.96. The van der Waals surface area contributed by atoms with E-state index in [1.54, 1.807) is 11.3 Å². The highest BCUT2D eigenvalue weighted by molar-refractivity contribution is 9.10. The number of aryl methyl sites for hydroxylation is 1. The number of hydrogen-bond acceptors (Lipinski definition) is 2. The zero-order valence-electron chi connectivity index (χ0n) is 10.3. The summed E-state index contributed by atoms with van der Waals surface area (Å²) in [6.07, 6.45) is 0. The SMILES string of the molecule is CCNC(c1ccc(C)cc1Cl)c1cscc1Br. The molecule has 0 aliphatic rings. The van der Waals surface area contributed by atoms with Crippen LogP contribution in [-0.4, -0.2) is 6.54 Å². The molecule has 1 aromatic carbocycles. The Bertz CT molecular complexity index is 538. The minimum absolute atomic E-state index is 0.142. The lowest BCUT2D eigenvalue weighted by molar-refractivity contribution is 0.630. The number of hydrogen-bond donors (Lipinski definition) is 1. The van der Waals surface area contributed by atoms with Crippen molar-refractivity contribution in [3.63, 3.8) is 0 Å². The molecule has 1 nitrogen and oxygen atoms in total. The Morgan fingerprint density at radius 3 is 2.67 bits per heavy atom. The van der Waals surface area contributed by atoms with Crippen molar-refractivity contribution in [2.45, 2.75) is 19.9 Å². The van der Waals surface area contributed by atoms with Crippen LogP contribution in [0.25, 0.3) is 0 Å². The maximum Gasteiger partial charge on any atom is 0.0610 e. The molecule has 1 N–H and O–H groups in total. The predicted molar refractivity (Wildman–Crippen MR) is 83.7 cm³/mol. The van der Waals surface area contributed by atoms with Crippen LogP contribution in [0.3, 0.4) is 0 Å². The Kier molecular flexibility index (Phi) is 4.84. The normalized spacial score (nSPS) is 12.7. The van der Waals surface area contributed by atoms with Gasteiger partial charge >= 0.3 is 0 Å². The summed E-state index contributed by atoms with van der Waals surface area (Å²) in [7, 11) is 0. The first-order chi connectivity index (χ1) is 8.63. The van der Waals surface area contributed by atoms with Crippen LogP contribution in [0.4, 0.5) is 0 Å². The Labute approximate surface area is 125 Å². The highest BCUT2D eigenvalue weighted by Gasteiger charge is 2.19. The monoisotopic (exact) mass is 343 g/mol. The van der Waals surface area contributed by atoms with Gasteiger partial charge in [-0.3, -0.25) is 0 Å². The molecule has 96 valence electrons. The molecule has 1 aromatic heterocycles. The van der Waals surface area contributed by atoms with Crippen LogP contribution in [-0.2, 0) is 0 Å². The van der Waals surface area contributed by atoms with Gasteiger partial charge < -0.3 is 5.32 Å². The Morgan fingerprint density at radius 2 is 2.11 bits per heavy atom. The fraction of sp³-hybridized carbons (Fsp3) is 0.286. The van der Waals surface area contributed by atoms with Crippen molar-refractivity contribution in [1.82, 2.24) is 5.32 Å². The van der Waals surface area contributed by atoms with E-state index in [1.165, 1.54) is 11.1 Å². The van der Waals surface area contributed by atoms with Crippen molar-refractivity contribution in [2.24, 2.45) is 0 Å². The first kappa shape index (κ1) is 14.1. The second kappa shape index (κ2) is 6.20. The quantitative estimate of drug-likeness (QED) is 0.806. The zero-order valence-corrected chi connectivity index (χ0v) is 13.5. The van der Waals surface area contributed by atoms with Crippen molar-refractivity contribution in [1.29, 1.82) is 0 Å². The maximum atomic E-state index is 6.38. The van der Waals surface area contributed by atoms with Crippen LogP contribution in [0, 0.1) is 6.92 Å². The molecule has 1 heterocycles. The Hall–Kier alpha value is -0.350. The summed E-state index contributed by atoms with van der Waals surface area (Å²) in [6.45, 7) is 5.06. The summed E-state index contributed by atoms with van der Waals surface area (Å²) < 4.78 is 1.13. The van der Waals surface area contributed by atoms with Crippen molar-refractivity contribution in [3.05, 3.63) is 55.1 Å². The van der Waals surface area contributed by atoms with Crippen LogP contribution >= 0.6 is 38.9 Å². The van der Waals surface area contributed by atoms with Crippen LogP contribution in [0.2, 0.25) is 5.02 Å². The molecule has 4 heteroatoms. The average molecular weight is 345 g/mol.